The minimum absolute atomic E-state index is 0.0968. The molecule has 1 aliphatic rings. The number of rotatable bonds is 7. The molecule has 0 bridgehead atoms. The molecule has 0 aliphatic carbocycles. The Kier molecular flexibility index (Phi) is 7.45. The first kappa shape index (κ1) is 24.0. The average Bonchev–Trinajstić information content (AvgIpc) is 2.90. The van der Waals surface area contributed by atoms with Gasteiger partial charge in [0.2, 0.25) is 0 Å². The number of amides is 2. The molecule has 1 aromatic heterocycles. The van der Waals surface area contributed by atoms with Crippen LogP contribution in [-0.2, 0) is 6.54 Å². The van der Waals surface area contributed by atoms with Crippen molar-refractivity contribution in [3.63, 3.8) is 0 Å². The normalized spacial score (nSPS) is 13.4. The molecular weight excluding hydrogens is 448 g/mol. The first-order chi connectivity index (χ1) is 17.0. The Labute approximate surface area is 203 Å². The third kappa shape index (κ3) is 5.68. The van der Waals surface area contributed by atoms with Gasteiger partial charge in [-0.15, -0.1) is 0 Å². The van der Waals surface area contributed by atoms with Crippen LogP contribution in [-0.4, -0.2) is 71.3 Å². The first-order valence-electron chi connectivity index (χ1n) is 11.5. The number of carbonyl (C=O) groups is 2. The van der Waals surface area contributed by atoms with Gasteiger partial charge < -0.3 is 19.3 Å². The van der Waals surface area contributed by atoms with Gasteiger partial charge in [-0.3, -0.25) is 14.4 Å². The molecule has 1 aliphatic heterocycles. The van der Waals surface area contributed by atoms with E-state index in [1.165, 1.54) is 16.8 Å². The molecule has 2 aromatic carbocycles. The van der Waals surface area contributed by atoms with Crippen molar-refractivity contribution in [2.75, 3.05) is 39.9 Å². The lowest BCUT2D eigenvalue weighted by Crippen LogP contribution is -2.51. The Hall–Kier alpha value is -4.14. The van der Waals surface area contributed by atoms with E-state index in [0.717, 1.165) is 5.56 Å². The van der Waals surface area contributed by atoms with Gasteiger partial charge in [-0.25, -0.2) is 4.68 Å². The summed E-state index contributed by atoms with van der Waals surface area (Å²) in [5.74, 6) is 0.997. The molecule has 0 spiro atoms. The van der Waals surface area contributed by atoms with Crippen LogP contribution in [0, 0.1) is 6.92 Å². The predicted octanol–water partition coefficient (Wildman–Crippen LogP) is 2.24. The monoisotopic (exact) mass is 476 g/mol. The number of para-hydroxylation sites is 1. The summed E-state index contributed by atoms with van der Waals surface area (Å²) < 4.78 is 12.2. The fourth-order valence-corrected chi connectivity index (χ4v) is 3.90. The fraction of sp³-hybridized carbons (Fsp3) is 0.308. The molecule has 9 nitrogen and oxygen atoms in total. The van der Waals surface area contributed by atoms with E-state index >= 15 is 0 Å². The van der Waals surface area contributed by atoms with Gasteiger partial charge in [0.1, 0.15) is 23.8 Å². The molecule has 2 heterocycles. The summed E-state index contributed by atoms with van der Waals surface area (Å²) in [6, 6.07) is 17.4. The summed E-state index contributed by atoms with van der Waals surface area (Å²) >= 11 is 0. The lowest BCUT2D eigenvalue weighted by atomic mass is 10.1. The lowest BCUT2D eigenvalue weighted by molar-refractivity contribution is 0.0530. The molecule has 182 valence electrons. The number of carbonyl (C=O) groups excluding carboxylic acids is 2. The third-order valence-electron chi connectivity index (χ3n) is 5.91. The number of benzene rings is 2. The third-order valence-corrected chi connectivity index (χ3v) is 5.91. The highest BCUT2D eigenvalue weighted by Gasteiger charge is 2.26. The van der Waals surface area contributed by atoms with Gasteiger partial charge in [-0.2, -0.15) is 5.10 Å². The van der Waals surface area contributed by atoms with Crippen LogP contribution >= 0.6 is 0 Å². The number of aryl methyl sites for hydroxylation is 1. The van der Waals surface area contributed by atoms with Crippen molar-refractivity contribution in [3.8, 4) is 11.5 Å². The topological polar surface area (TPSA) is 94.0 Å². The maximum atomic E-state index is 13.0. The molecule has 0 unspecified atom stereocenters. The van der Waals surface area contributed by atoms with Crippen LogP contribution in [0.3, 0.4) is 0 Å². The molecule has 1 saturated heterocycles. The highest BCUT2D eigenvalue weighted by molar-refractivity contribution is 5.95. The maximum Gasteiger partial charge on any atom is 0.274 e. The summed E-state index contributed by atoms with van der Waals surface area (Å²) in [6.07, 6.45) is 0. The molecule has 1 fully saturated rings. The Bertz CT molecular complexity index is 1250. The first-order valence-corrected chi connectivity index (χ1v) is 11.5. The van der Waals surface area contributed by atoms with Gasteiger partial charge in [-0.05, 0) is 42.8 Å². The molecule has 0 atom stereocenters. The second kappa shape index (κ2) is 10.9. The van der Waals surface area contributed by atoms with Crippen LogP contribution in [0.5, 0.6) is 11.5 Å². The van der Waals surface area contributed by atoms with Crippen LogP contribution in [0.4, 0.5) is 0 Å². The van der Waals surface area contributed by atoms with E-state index in [4.69, 9.17) is 9.47 Å². The zero-order chi connectivity index (χ0) is 24.8. The fourth-order valence-electron chi connectivity index (χ4n) is 3.90. The van der Waals surface area contributed by atoms with Crippen molar-refractivity contribution in [2.24, 2.45) is 0 Å². The van der Waals surface area contributed by atoms with Crippen molar-refractivity contribution in [3.05, 3.63) is 87.8 Å². The summed E-state index contributed by atoms with van der Waals surface area (Å²) in [5, 5.41) is 4.25. The lowest BCUT2D eigenvalue weighted by Gasteiger charge is -2.34. The van der Waals surface area contributed by atoms with Crippen molar-refractivity contribution >= 4 is 11.8 Å². The summed E-state index contributed by atoms with van der Waals surface area (Å²) in [6.45, 7) is 3.97. The summed E-state index contributed by atoms with van der Waals surface area (Å²) in [5.41, 5.74) is 1.40. The standard InChI is InChI=1S/C26H28N4O5/c1-19-8-9-20(18-23(19)34-2)25(32)28-12-14-29(15-13-28)26(33)22-10-11-24(31)30(27-22)16-17-35-21-6-4-3-5-7-21/h3-11,18H,12-17H2,1-2H3. The van der Waals surface area contributed by atoms with Crippen LogP contribution in [0.15, 0.2) is 65.5 Å². The van der Waals surface area contributed by atoms with Gasteiger partial charge in [0, 0.05) is 37.8 Å². The highest BCUT2D eigenvalue weighted by atomic mass is 16.5. The average molecular weight is 477 g/mol. The molecule has 0 saturated carbocycles. The minimum atomic E-state index is -0.304. The van der Waals surface area contributed by atoms with Crippen molar-refractivity contribution in [1.29, 1.82) is 0 Å². The van der Waals surface area contributed by atoms with Crippen molar-refractivity contribution in [2.45, 2.75) is 13.5 Å². The molecule has 3 aromatic rings. The molecule has 9 heteroatoms. The quantitative estimate of drug-likeness (QED) is 0.519. The molecular formula is C26H28N4O5. The number of hydrogen-bond acceptors (Lipinski definition) is 6. The Balaban J connectivity index is 1.35. The van der Waals surface area contributed by atoms with Crippen LogP contribution in [0.1, 0.15) is 26.4 Å². The van der Waals surface area contributed by atoms with Gasteiger partial charge in [0.25, 0.3) is 17.4 Å². The van der Waals surface area contributed by atoms with E-state index in [-0.39, 0.29) is 36.2 Å². The minimum Gasteiger partial charge on any atom is -0.496 e. The van der Waals surface area contributed by atoms with E-state index in [9.17, 15) is 14.4 Å². The number of hydrogen-bond donors (Lipinski definition) is 0. The van der Waals surface area contributed by atoms with Crippen LogP contribution in [0.25, 0.3) is 0 Å². The Morgan fingerprint density at radius 1 is 0.914 bits per heavy atom. The number of methoxy groups -OCH3 is 1. The zero-order valence-corrected chi connectivity index (χ0v) is 19.8. The number of nitrogens with zero attached hydrogens (tertiary/aromatic N) is 4. The van der Waals surface area contributed by atoms with Crippen LogP contribution < -0.4 is 15.0 Å². The predicted molar refractivity (Wildman–Crippen MR) is 130 cm³/mol. The van der Waals surface area contributed by atoms with E-state index < -0.39 is 0 Å². The number of piperazine rings is 1. The van der Waals surface area contributed by atoms with E-state index in [1.54, 1.807) is 29.0 Å². The second-order valence-corrected chi connectivity index (χ2v) is 8.21. The van der Waals surface area contributed by atoms with E-state index in [0.29, 0.717) is 43.2 Å². The van der Waals surface area contributed by atoms with Gasteiger partial charge in [-0.1, -0.05) is 24.3 Å². The molecule has 35 heavy (non-hydrogen) atoms. The number of aromatic nitrogens is 2. The largest absolute Gasteiger partial charge is 0.496 e. The molecule has 0 radical (unpaired) electrons. The Morgan fingerprint density at radius 3 is 2.29 bits per heavy atom. The smallest absolute Gasteiger partial charge is 0.274 e. The van der Waals surface area contributed by atoms with Crippen LogP contribution in [0.2, 0.25) is 0 Å². The second-order valence-electron chi connectivity index (χ2n) is 8.21. The molecule has 2 amide bonds. The van der Waals surface area contributed by atoms with E-state index in [2.05, 4.69) is 5.10 Å². The molecule has 4 rings (SSSR count). The molecule has 0 N–H and O–H groups in total. The van der Waals surface area contributed by atoms with Gasteiger partial charge in [0.05, 0.1) is 13.7 Å². The Morgan fingerprint density at radius 2 is 1.60 bits per heavy atom. The van der Waals surface area contributed by atoms with Crippen molar-refractivity contribution < 1.29 is 19.1 Å². The highest BCUT2D eigenvalue weighted by Crippen LogP contribution is 2.20. The van der Waals surface area contributed by atoms with Crippen molar-refractivity contribution in [1.82, 2.24) is 19.6 Å². The van der Waals surface area contributed by atoms with Gasteiger partial charge in [0.15, 0.2) is 0 Å². The maximum absolute atomic E-state index is 13.0. The van der Waals surface area contributed by atoms with Gasteiger partial charge >= 0.3 is 0 Å². The SMILES string of the molecule is COc1cc(C(=O)N2CCN(C(=O)c3ccc(=O)n(CCOc4ccccc4)n3)CC2)ccc1C. The summed E-state index contributed by atoms with van der Waals surface area (Å²) in [7, 11) is 1.58. The zero-order valence-electron chi connectivity index (χ0n) is 19.8. The number of ether oxygens (including phenoxy) is 2. The van der Waals surface area contributed by atoms with E-state index in [1.807, 2.05) is 43.3 Å². The summed E-state index contributed by atoms with van der Waals surface area (Å²) in [4.78, 5) is 41.5.